The molecule has 1 atom stereocenters. The lowest BCUT2D eigenvalue weighted by Crippen LogP contribution is -2.09. The van der Waals surface area contributed by atoms with Gasteiger partial charge in [-0.1, -0.05) is 13.8 Å². The van der Waals surface area contributed by atoms with Gasteiger partial charge in [0.1, 0.15) is 0 Å². The minimum absolute atomic E-state index is 0.488. The van der Waals surface area contributed by atoms with E-state index in [1.807, 2.05) is 12.1 Å². The van der Waals surface area contributed by atoms with E-state index in [2.05, 4.69) is 18.8 Å². The number of aromatic nitrogens is 1. The zero-order chi connectivity index (χ0) is 13.8. The molecule has 104 valence electrons. The number of hydrogen-bond acceptors (Lipinski definition) is 5. The molecule has 0 aliphatic heterocycles. The van der Waals surface area contributed by atoms with Crippen LogP contribution in [0.25, 0.3) is 10.2 Å². The fraction of sp³-hybridized carbons (Fsp3) is 0.462. The maximum atomic E-state index is 12.1. The summed E-state index contributed by atoms with van der Waals surface area (Å²) in [5, 5.41) is 0. The molecule has 0 fully saturated rings. The predicted octanol–water partition coefficient (Wildman–Crippen LogP) is 2.66. The lowest BCUT2D eigenvalue weighted by molar-refractivity contribution is 0.123. The molecule has 6 heteroatoms. The lowest BCUT2D eigenvalue weighted by atomic mass is 10.2. The van der Waals surface area contributed by atoms with Crippen LogP contribution in [0.15, 0.2) is 22.5 Å². The van der Waals surface area contributed by atoms with Gasteiger partial charge in [0.05, 0.1) is 33.4 Å². The third-order valence-corrected chi connectivity index (χ3v) is 5.09. The molecule has 0 aliphatic carbocycles. The molecule has 0 radical (unpaired) electrons. The first-order chi connectivity index (χ1) is 9.06. The molecule has 19 heavy (non-hydrogen) atoms. The van der Waals surface area contributed by atoms with E-state index >= 15 is 0 Å². The van der Waals surface area contributed by atoms with Gasteiger partial charge in [-0.05, 0) is 24.1 Å². The molecule has 4 nitrogen and oxygen atoms in total. The Balaban J connectivity index is 1.97. The summed E-state index contributed by atoms with van der Waals surface area (Å²) >= 11 is 1.44. The molecule has 2 aromatic rings. The van der Waals surface area contributed by atoms with Crippen LogP contribution >= 0.6 is 11.3 Å². The summed E-state index contributed by atoms with van der Waals surface area (Å²) in [5.41, 5.74) is 7.27. The minimum Gasteiger partial charge on any atom is -0.399 e. The first-order valence-electron chi connectivity index (χ1n) is 6.18. The van der Waals surface area contributed by atoms with Crippen LogP contribution < -0.4 is 5.73 Å². The number of ether oxygens (including phenoxy) is 1. The summed E-state index contributed by atoms with van der Waals surface area (Å²) in [6.45, 7) is 5.39. The highest BCUT2D eigenvalue weighted by atomic mass is 32.2. The van der Waals surface area contributed by atoms with Gasteiger partial charge in [-0.25, -0.2) is 4.98 Å². The molecule has 1 heterocycles. The number of hydrogen-bond donors (Lipinski definition) is 1. The van der Waals surface area contributed by atoms with Gasteiger partial charge in [-0.3, -0.25) is 4.21 Å². The van der Waals surface area contributed by atoms with E-state index in [1.54, 1.807) is 6.07 Å². The molecular formula is C13H18N2O2S2. The highest BCUT2D eigenvalue weighted by molar-refractivity contribution is 7.87. The molecule has 2 N–H and O–H groups in total. The van der Waals surface area contributed by atoms with Gasteiger partial charge >= 0.3 is 0 Å². The van der Waals surface area contributed by atoms with Crippen molar-refractivity contribution in [1.29, 1.82) is 0 Å². The average Bonchev–Trinajstić information content (AvgIpc) is 2.77. The summed E-state index contributed by atoms with van der Waals surface area (Å²) < 4.78 is 19.2. The largest absolute Gasteiger partial charge is 0.399 e. The Morgan fingerprint density at radius 1 is 1.47 bits per heavy atom. The summed E-state index contributed by atoms with van der Waals surface area (Å²) in [7, 11) is -1.10. The van der Waals surface area contributed by atoms with Crippen LogP contribution in [0, 0.1) is 5.92 Å². The van der Waals surface area contributed by atoms with E-state index < -0.39 is 10.8 Å². The minimum atomic E-state index is -1.10. The molecule has 0 saturated carbocycles. The van der Waals surface area contributed by atoms with Crippen molar-refractivity contribution < 1.29 is 8.95 Å². The smallest absolute Gasteiger partial charge is 0.181 e. The molecule has 0 bridgehead atoms. The van der Waals surface area contributed by atoms with Crippen molar-refractivity contribution in [3.8, 4) is 0 Å². The third-order valence-electron chi connectivity index (χ3n) is 2.45. The van der Waals surface area contributed by atoms with Gasteiger partial charge in [-0.2, -0.15) is 0 Å². The standard InChI is InChI=1S/C13H18N2O2S2/c1-9(2)8-17-5-6-19(16)13-15-11-4-3-10(14)7-12(11)18-13/h3-4,7,9H,5-6,8,14H2,1-2H3. The molecule has 1 aromatic heterocycles. The zero-order valence-corrected chi connectivity index (χ0v) is 12.7. The molecule has 2 rings (SSSR count). The van der Waals surface area contributed by atoms with Crippen molar-refractivity contribution >= 4 is 38.0 Å². The third kappa shape index (κ3) is 3.99. The molecule has 0 spiro atoms. The number of thiazole rings is 1. The van der Waals surface area contributed by atoms with Crippen LogP contribution in [0.5, 0.6) is 0 Å². The summed E-state index contributed by atoms with van der Waals surface area (Å²) in [5.74, 6) is 0.987. The number of nitrogens with zero attached hydrogens (tertiary/aromatic N) is 1. The summed E-state index contributed by atoms with van der Waals surface area (Å²) in [6.07, 6.45) is 0. The average molecular weight is 298 g/mol. The lowest BCUT2D eigenvalue weighted by Gasteiger charge is -2.05. The maximum Gasteiger partial charge on any atom is 0.181 e. The number of benzene rings is 1. The van der Waals surface area contributed by atoms with Crippen molar-refractivity contribution in [2.75, 3.05) is 24.7 Å². The fourth-order valence-electron chi connectivity index (χ4n) is 1.56. The Kier molecular flexibility index (Phi) is 4.90. The van der Waals surface area contributed by atoms with Crippen molar-refractivity contribution in [1.82, 2.24) is 4.98 Å². The Morgan fingerprint density at radius 3 is 3.00 bits per heavy atom. The highest BCUT2D eigenvalue weighted by Gasteiger charge is 2.11. The van der Waals surface area contributed by atoms with Crippen LogP contribution in [0.4, 0.5) is 5.69 Å². The van der Waals surface area contributed by atoms with Crippen molar-refractivity contribution in [2.24, 2.45) is 5.92 Å². The number of nitrogen functional groups attached to an aromatic ring is 1. The zero-order valence-electron chi connectivity index (χ0n) is 11.1. The van der Waals surface area contributed by atoms with E-state index in [-0.39, 0.29) is 0 Å². The fourth-order valence-corrected chi connectivity index (χ4v) is 3.84. The monoisotopic (exact) mass is 298 g/mol. The van der Waals surface area contributed by atoms with E-state index in [9.17, 15) is 4.21 Å². The van der Waals surface area contributed by atoms with Crippen LogP contribution in [-0.2, 0) is 15.5 Å². The topological polar surface area (TPSA) is 65.2 Å². The summed E-state index contributed by atoms with van der Waals surface area (Å²) in [6, 6.07) is 5.53. The molecular weight excluding hydrogens is 280 g/mol. The van der Waals surface area contributed by atoms with Gasteiger partial charge in [0.25, 0.3) is 0 Å². The Hall–Kier alpha value is -0.980. The van der Waals surface area contributed by atoms with Gasteiger partial charge in [0.15, 0.2) is 4.34 Å². The van der Waals surface area contributed by atoms with Crippen LogP contribution in [0.2, 0.25) is 0 Å². The number of fused-ring (bicyclic) bond motifs is 1. The first kappa shape index (κ1) is 14.4. The van der Waals surface area contributed by atoms with E-state index in [1.165, 1.54) is 11.3 Å². The van der Waals surface area contributed by atoms with E-state index in [0.717, 1.165) is 10.2 Å². The maximum absolute atomic E-state index is 12.1. The van der Waals surface area contributed by atoms with Gasteiger partial charge < -0.3 is 10.5 Å². The Labute approximate surface area is 119 Å². The number of nitrogens with two attached hydrogens (primary N) is 1. The van der Waals surface area contributed by atoms with Gasteiger partial charge in [0, 0.05) is 12.3 Å². The van der Waals surface area contributed by atoms with Gasteiger partial charge in [0.2, 0.25) is 0 Å². The molecule has 1 unspecified atom stereocenters. The van der Waals surface area contributed by atoms with Crippen molar-refractivity contribution in [2.45, 2.75) is 18.2 Å². The second kappa shape index (κ2) is 6.45. The van der Waals surface area contributed by atoms with Crippen molar-refractivity contribution in [3.05, 3.63) is 18.2 Å². The summed E-state index contributed by atoms with van der Waals surface area (Å²) in [4.78, 5) is 4.37. The van der Waals surface area contributed by atoms with Crippen LogP contribution in [0.1, 0.15) is 13.8 Å². The SMILES string of the molecule is CC(C)COCCS(=O)c1nc2ccc(N)cc2s1. The van der Waals surface area contributed by atoms with Gasteiger partial charge in [-0.15, -0.1) is 11.3 Å². The van der Waals surface area contributed by atoms with E-state index in [0.29, 0.717) is 34.9 Å². The Bertz CT molecular complexity index is 581. The van der Waals surface area contributed by atoms with E-state index in [4.69, 9.17) is 10.5 Å². The molecule has 1 aromatic carbocycles. The predicted molar refractivity (Wildman–Crippen MR) is 81.0 cm³/mol. The second-order valence-electron chi connectivity index (χ2n) is 4.73. The highest BCUT2D eigenvalue weighted by Crippen LogP contribution is 2.26. The van der Waals surface area contributed by atoms with Crippen molar-refractivity contribution in [3.63, 3.8) is 0 Å². The molecule has 0 amide bonds. The second-order valence-corrected chi connectivity index (χ2v) is 7.50. The number of anilines is 1. The van der Waals surface area contributed by atoms with Crippen LogP contribution in [-0.4, -0.2) is 28.2 Å². The Morgan fingerprint density at radius 2 is 2.26 bits per heavy atom. The first-order valence-corrected chi connectivity index (χ1v) is 8.32. The molecule has 0 saturated heterocycles. The number of rotatable bonds is 6. The van der Waals surface area contributed by atoms with Crippen LogP contribution in [0.3, 0.4) is 0 Å². The molecule has 0 aliphatic rings. The quantitative estimate of drug-likeness (QED) is 0.658. The normalized spacial score (nSPS) is 13.2.